The number of fused-ring (bicyclic) bond motifs is 1. The maximum atomic E-state index is 12.8. The van der Waals surface area contributed by atoms with E-state index in [2.05, 4.69) is 4.99 Å². The van der Waals surface area contributed by atoms with Crippen LogP contribution in [0.4, 0.5) is 5.69 Å². The summed E-state index contributed by atoms with van der Waals surface area (Å²) < 4.78 is 1.67. The Kier molecular flexibility index (Phi) is 4.21. The van der Waals surface area contributed by atoms with E-state index < -0.39 is 0 Å². The molecule has 3 aromatic rings. The highest BCUT2D eigenvalue weighted by molar-refractivity contribution is 6.06. The van der Waals surface area contributed by atoms with Crippen molar-refractivity contribution in [1.29, 1.82) is 0 Å². The molecule has 0 atom stereocenters. The molecule has 4 nitrogen and oxygen atoms in total. The molecular formula is C20H20N2O2. The van der Waals surface area contributed by atoms with Gasteiger partial charge in [-0.05, 0) is 45.0 Å². The Morgan fingerprint density at radius 3 is 2.46 bits per heavy atom. The fourth-order valence-electron chi connectivity index (χ4n) is 2.90. The lowest BCUT2D eigenvalue weighted by molar-refractivity contribution is 0.477. The molecule has 2 aromatic carbocycles. The van der Waals surface area contributed by atoms with Crippen molar-refractivity contribution in [1.82, 2.24) is 4.57 Å². The van der Waals surface area contributed by atoms with E-state index in [1.165, 1.54) is 0 Å². The Morgan fingerprint density at radius 1 is 1.12 bits per heavy atom. The van der Waals surface area contributed by atoms with Crippen molar-refractivity contribution in [3.8, 4) is 5.75 Å². The molecule has 1 aromatic heterocycles. The molecule has 0 fully saturated rings. The first-order chi connectivity index (χ1) is 11.5. The van der Waals surface area contributed by atoms with E-state index in [1.807, 2.05) is 62.4 Å². The molecule has 0 unspecified atom stereocenters. The van der Waals surface area contributed by atoms with Gasteiger partial charge in [-0.25, -0.2) is 0 Å². The number of hydrogen-bond donors (Lipinski definition) is 1. The van der Waals surface area contributed by atoms with E-state index in [0.29, 0.717) is 17.6 Å². The number of benzene rings is 2. The number of nitrogens with zero attached hydrogens (tertiary/aromatic N) is 2. The molecule has 1 N–H and O–H groups in total. The maximum Gasteiger partial charge on any atom is 0.263 e. The molecule has 0 aliphatic heterocycles. The zero-order chi connectivity index (χ0) is 17.3. The third-order valence-corrected chi connectivity index (χ3v) is 4.15. The zero-order valence-electron chi connectivity index (χ0n) is 14.1. The summed E-state index contributed by atoms with van der Waals surface area (Å²) in [6, 6.07) is 15.1. The molecule has 4 heteroatoms. The second-order valence-corrected chi connectivity index (χ2v) is 5.82. The molecule has 0 spiro atoms. The van der Waals surface area contributed by atoms with Gasteiger partial charge in [0.2, 0.25) is 0 Å². The number of aryl methyl sites for hydroxylation is 2. The third kappa shape index (κ3) is 2.71. The van der Waals surface area contributed by atoms with E-state index in [4.69, 9.17) is 0 Å². The van der Waals surface area contributed by atoms with Gasteiger partial charge < -0.3 is 9.67 Å². The number of pyridine rings is 1. The number of rotatable bonds is 3. The Hall–Kier alpha value is -2.88. The predicted octanol–water partition coefficient (Wildman–Crippen LogP) is 4.18. The number of aromatic hydroxyl groups is 1. The molecule has 1 heterocycles. The van der Waals surface area contributed by atoms with Crippen molar-refractivity contribution in [2.45, 2.75) is 27.3 Å². The molecule has 0 saturated carbocycles. The third-order valence-electron chi connectivity index (χ3n) is 4.15. The molecule has 0 aliphatic rings. The van der Waals surface area contributed by atoms with Crippen LogP contribution in [0.2, 0.25) is 0 Å². The molecule has 0 amide bonds. The lowest BCUT2D eigenvalue weighted by atomic mass is 10.1. The van der Waals surface area contributed by atoms with Gasteiger partial charge in [-0.15, -0.1) is 0 Å². The van der Waals surface area contributed by atoms with E-state index in [9.17, 15) is 9.90 Å². The fourth-order valence-corrected chi connectivity index (χ4v) is 2.90. The summed E-state index contributed by atoms with van der Waals surface area (Å²) in [7, 11) is 0. The van der Waals surface area contributed by atoms with Gasteiger partial charge in [0.15, 0.2) is 0 Å². The van der Waals surface area contributed by atoms with Crippen LogP contribution in [0.3, 0.4) is 0 Å². The fraction of sp³-hybridized carbons (Fsp3) is 0.200. The van der Waals surface area contributed by atoms with Crippen molar-refractivity contribution >= 4 is 22.3 Å². The van der Waals surface area contributed by atoms with Crippen LogP contribution in [0.1, 0.15) is 25.0 Å². The van der Waals surface area contributed by atoms with Gasteiger partial charge >= 0.3 is 0 Å². The first-order valence-corrected chi connectivity index (χ1v) is 7.99. The predicted molar refractivity (Wildman–Crippen MR) is 98.6 cm³/mol. The Labute approximate surface area is 140 Å². The smallest absolute Gasteiger partial charge is 0.263 e. The molecule has 0 aliphatic carbocycles. The standard InChI is InChI=1S/C20H20N2O2/c1-4-22-17-8-6-5-7-16(17)19(23)18(20(22)24)14(3)21-15-11-9-13(2)10-12-15/h5-12,23H,4H2,1-3H3. The second kappa shape index (κ2) is 6.32. The van der Waals surface area contributed by atoms with Gasteiger partial charge in [-0.2, -0.15) is 0 Å². The quantitative estimate of drug-likeness (QED) is 0.736. The van der Waals surface area contributed by atoms with Crippen molar-refractivity contribution in [3.63, 3.8) is 0 Å². The van der Waals surface area contributed by atoms with Gasteiger partial charge in [0.05, 0.1) is 16.9 Å². The first kappa shape index (κ1) is 16.0. The summed E-state index contributed by atoms with van der Waals surface area (Å²) in [6.07, 6.45) is 0. The average molecular weight is 320 g/mol. The number of hydrogen-bond acceptors (Lipinski definition) is 3. The lowest BCUT2D eigenvalue weighted by Crippen LogP contribution is -2.25. The van der Waals surface area contributed by atoms with Crippen LogP contribution in [0.25, 0.3) is 10.9 Å². The molecule has 0 saturated heterocycles. The van der Waals surface area contributed by atoms with Crippen molar-refractivity contribution in [2.24, 2.45) is 4.99 Å². The Morgan fingerprint density at radius 2 is 1.79 bits per heavy atom. The van der Waals surface area contributed by atoms with Crippen LogP contribution in [0, 0.1) is 6.92 Å². The summed E-state index contributed by atoms with van der Waals surface area (Å²) in [5.74, 6) is -0.00587. The number of para-hydroxylation sites is 1. The Balaban J connectivity index is 2.25. The van der Waals surface area contributed by atoms with Gasteiger partial charge in [-0.3, -0.25) is 9.79 Å². The van der Waals surface area contributed by atoms with Crippen LogP contribution in [-0.4, -0.2) is 15.4 Å². The summed E-state index contributed by atoms with van der Waals surface area (Å²) in [5, 5.41) is 11.3. The van der Waals surface area contributed by atoms with Crippen LogP contribution in [0.5, 0.6) is 5.75 Å². The first-order valence-electron chi connectivity index (χ1n) is 7.99. The summed E-state index contributed by atoms with van der Waals surface area (Å²) in [5.41, 5.74) is 3.18. The van der Waals surface area contributed by atoms with Gasteiger partial charge in [-0.1, -0.05) is 29.8 Å². The molecular weight excluding hydrogens is 300 g/mol. The second-order valence-electron chi connectivity index (χ2n) is 5.82. The summed E-state index contributed by atoms with van der Waals surface area (Å²) in [4.78, 5) is 17.4. The highest BCUT2D eigenvalue weighted by Crippen LogP contribution is 2.27. The van der Waals surface area contributed by atoms with Gasteiger partial charge in [0.1, 0.15) is 11.3 Å². The topological polar surface area (TPSA) is 54.6 Å². The number of aliphatic imine (C=N–C) groups is 1. The molecule has 24 heavy (non-hydrogen) atoms. The molecule has 3 rings (SSSR count). The summed E-state index contributed by atoms with van der Waals surface area (Å²) >= 11 is 0. The average Bonchev–Trinajstić information content (AvgIpc) is 2.57. The van der Waals surface area contributed by atoms with Crippen LogP contribution in [0.15, 0.2) is 58.3 Å². The maximum absolute atomic E-state index is 12.8. The van der Waals surface area contributed by atoms with E-state index in [1.54, 1.807) is 11.5 Å². The largest absolute Gasteiger partial charge is 0.506 e. The molecule has 122 valence electrons. The highest BCUT2D eigenvalue weighted by Gasteiger charge is 2.17. The lowest BCUT2D eigenvalue weighted by Gasteiger charge is -2.13. The minimum absolute atomic E-state index is 0.00587. The van der Waals surface area contributed by atoms with Crippen molar-refractivity contribution < 1.29 is 5.11 Å². The van der Waals surface area contributed by atoms with E-state index >= 15 is 0 Å². The zero-order valence-corrected chi connectivity index (χ0v) is 14.1. The minimum Gasteiger partial charge on any atom is -0.506 e. The van der Waals surface area contributed by atoms with Crippen LogP contribution in [-0.2, 0) is 6.54 Å². The van der Waals surface area contributed by atoms with E-state index in [0.717, 1.165) is 16.8 Å². The SMILES string of the molecule is CCn1c(=O)c(C(C)=Nc2ccc(C)cc2)c(O)c2ccccc21. The normalized spacial score (nSPS) is 11.9. The van der Waals surface area contributed by atoms with Crippen LogP contribution >= 0.6 is 0 Å². The van der Waals surface area contributed by atoms with Crippen molar-refractivity contribution in [2.75, 3.05) is 0 Å². The van der Waals surface area contributed by atoms with Gasteiger partial charge in [0.25, 0.3) is 5.56 Å². The Bertz CT molecular complexity index is 983. The van der Waals surface area contributed by atoms with Gasteiger partial charge in [0, 0.05) is 11.9 Å². The highest BCUT2D eigenvalue weighted by atomic mass is 16.3. The molecule has 0 bridgehead atoms. The van der Waals surface area contributed by atoms with E-state index in [-0.39, 0.29) is 16.9 Å². The van der Waals surface area contributed by atoms with Crippen molar-refractivity contribution in [3.05, 3.63) is 70.0 Å². The minimum atomic E-state index is -0.220. The monoisotopic (exact) mass is 320 g/mol. The summed E-state index contributed by atoms with van der Waals surface area (Å²) in [6.45, 7) is 6.21. The van der Waals surface area contributed by atoms with Crippen LogP contribution < -0.4 is 5.56 Å². The number of aromatic nitrogens is 1. The molecule has 0 radical (unpaired) electrons.